The molecule has 0 N–H and O–H groups in total. The number of rotatable bonds is 7. The number of thioether (sulfide) groups is 1. The SMILES string of the molecule is CC(=O)N(c1nnc(SCCCc2ccccc2)s1)C1CC1. The van der Waals surface area contributed by atoms with E-state index in [1.165, 1.54) is 16.9 Å². The molecular weight excluding hydrogens is 314 g/mol. The van der Waals surface area contributed by atoms with Crippen LogP contribution in [0.25, 0.3) is 0 Å². The number of carbonyl (C=O) groups excluding carboxylic acids is 1. The number of amides is 1. The highest BCUT2D eigenvalue weighted by Gasteiger charge is 2.34. The maximum Gasteiger partial charge on any atom is 0.225 e. The highest BCUT2D eigenvalue weighted by atomic mass is 32.2. The van der Waals surface area contributed by atoms with Crippen LogP contribution >= 0.6 is 23.1 Å². The highest BCUT2D eigenvalue weighted by molar-refractivity contribution is 8.01. The molecule has 1 aromatic carbocycles. The number of aryl methyl sites for hydroxylation is 1. The molecule has 1 heterocycles. The van der Waals surface area contributed by atoms with E-state index >= 15 is 0 Å². The Kier molecular flexibility index (Phi) is 5.10. The average Bonchev–Trinajstić information content (AvgIpc) is 3.23. The van der Waals surface area contributed by atoms with Gasteiger partial charge in [-0.1, -0.05) is 53.4 Å². The van der Waals surface area contributed by atoms with Crippen molar-refractivity contribution in [2.45, 2.75) is 43.0 Å². The van der Waals surface area contributed by atoms with Crippen LogP contribution < -0.4 is 4.90 Å². The molecule has 0 radical (unpaired) electrons. The maximum atomic E-state index is 11.7. The summed E-state index contributed by atoms with van der Waals surface area (Å²) in [6.45, 7) is 1.60. The minimum absolute atomic E-state index is 0.0688. The molecule has 6 heteroatoms. The molecule has 1 amide bonds. The number of carbonyl (C=O) groups is 1. The van der Waals surface area contributed by atoms with Crippen molar-refractivity contribution >= 4 is 34.1 Å². The van der Waals surface area contributed by atoms with Gasteiger partial charge >= 0.3 is 0 Å². The number of anilines is 1. The van der Waals surface area contributed by atoms with Gasteiger partial charge in [0.25, 0.3) is 0 Å². The second-order valence-corrected chi connectivity index (χ2v) is 7.71. The molecule has 3 rings (SSSR count). The van der Waals surface area contributed by atoms with Crippen LogP contribution in [0.3, 0.4) is 0 Å². The molecule has 0 aliphatic heterocycles. The Labute approximate surface area is 138 Å². The number of aromatic nitrogens is 2. The van der Waals surface area contributed by atoms with Crippen molar-refractivity contribution in [1.82, 2.24) is 10.2 Å². The molecule has 1 aliphatic carbocycles. The second kappa shape index (κ2) is 7.24. The van der Waals surface area contributed by atoms with Crippen molar-refractivity contribution in [1.29, 1.82) is 0 Å². The van der Waals surface area contributed by atoms with Crippen LogP contribution in [0.4, 0.5) is 5.13 Å². The summed E-state index contributed by atoms with van der Waals surface area (Å²) in [7, 11) is 0. The first-order valence-electron chi connectivity index (χ1n) is 7.54. The van der Waals surface area contributed by atoms with Crippen molar-refractivity contribution in [2.24, 2.45) is 0 Å². The van der Waals surface area contributed by atoms with Crippen LogP contribution in [0, 0.1) is 0 Å². The quantitative estimate of drug-likeness (QED) is 0.439. The lowest BCUT2D eigenvalue weighted by molar-refractivity contribution is -0.116. The summed E-state index contributed by atoms with van der Waals surface area (Å²) in [6, 6.07) is 10.9. The smallest absolute Gasteiger partial charge is 0.225 e. The van der Waals surface area contributed by atoms with Crippen molar-refractivity contribution in [3.63, 3.8) is 0 Å². The summed E-state index contributed by atoms with van der Waals surface area (Å²) in [5.74, 6) is 1.09. The average molecular weight is 333 g/mol. The first-order valence-corrected chi connectivity index (χ1v) is 9.34. The Morgan fingerprint density at radius 3 is 2.77 bits per heavy atom. The molecule has 2 aromatic rings. The largest absolute Gasteiger partial charge is 0.284 e. The number of benzene rings is 1. The molecule has 0 unspecified atom stereocenters. The number of nitrogens with zero attached hydrogens (tertiary/aromatic N) is 3. The Morgan fingerprint density at radius 1 is 1.32 bits per heavy atom. The summed E-state index contributed by atoms with van der Waals surface area (Å²) < 4.78 is 0.954. The van der Waals surface area contributed by atoms with Gasteiger partial charge in [-0.05, 0) is 31.2 Å². The first kappa shape index (κ1) is 15.5. The summed E-state index contributed by atoms with van der Waals surface area (Å²) in [4.78, 5) is 13.5. The van der Waals surface area contributed by atoms with Crippen molar-refractivity contribution in [2.75, 3.05) is 10.7 Å². The predicted octanol–water partition coefficient (Wildman–Crippen LogP) is 3.78. The topological polar surface area (TPSA) is 46.1 Å². The second-order valence-electron chi connectivity index (χ2n) is 5.41. The van der Waals surface area contributed by atoms with E-state index in [0.29, 0.717) is 6.04 Å². The Balaban J connectivity index is 1.48. The van der Waals surface area contributed by atoms with Gasteiger partial charge in [-0.3, -0.25) is 9.69 Å². The fraction of sp³-hybridized carbons (Fsp3) is 0.438. The van der Waals surface area contributed by atoms with Crippen LogP contribution in [0.2, 0.25) is 0 Å². The Hall–Kier alpha value is -1.40. The minimum atomic E-state index is 0.0688. The lowest BCUT2D eigenvalue weighted by Crippen LogP contribution is -2.30. The van der Waals surface area contributed by atoms with Crippen molar-refractivity contribution < 1.29 is 4.79 Å². The molecule has 0 atom stereocenters. The molecule has 4 nitrogen and oxygen atoms in total. The lowest BCUT2D eigenvalue weighted by Gasteiger charge is -2.15. The molecule has 0 saturated heterocycles. The van der Waals surface area contributed by atoms with Crippen LogP contribution in [-0.4, -0.2) is 27.9 Å². The van der Waals surface area contributed by atoms with Gasteiger partial charge in [0.1, 0.15) is 0 Å². The van der Waals surface area contributed by atoms with Gasteiger partial charge in [-0.25, -0.2) is 0 Å². The lowest BCUT2D eigenvalue weighted by atomic mass is 10.1. The summed E-state index contributed by atoms with van der Waals surface area (Å²) in [6.07, 6.45) is 4.36. The van der Waals surface area contributed by atoms with E-state index in [1.54, 1.807) is 23.6 Å². The van der Waals surface area contributed by atoms with E-state index in [9.17, 15) is 4.79 Å². The van der Waals surface area contributed by atoms with Crippen molar-refractivity contribution in [3.05, 3.63) is 35.9 Å². The molecular formula is C16H19N3OS2. The maximum absolute atomic E-state index is 11.7. The van der Waals surface area contributed by atoms with E-state index in [4.69, 9.17) is 0 Å². The Morgan fingerprint density at radius 2 is 2.09 bits per heavy atom. The summed E-state index contributed by atoms with van der Waals surface area (Å²) in [5, 5.41) is 9.15. The molecule has 1 saturated carbocycles. The van der Waals surface area contributed by atoms with Gasteiger partial charge < -0.3 is 0 Å². The number of hydrogen-bond acceptors (Lipinski definition) is 5. The molecule has 1 fully saturated rings. The normalized spacial score (nSPS) is 14.0. The third kappa shape index (κ3) is 4.08. The molecule has 1 aliphatic rings. The van der Waals surface area contributed by atoms with Crippen LogP contribution in [0.15, 0.2) is 34.7 Å². The van der Waals surface area contributed by atoms with Gasteiger partial charge in [0.2, 0.25) is 11.0 Å². The summed E-state index contributed by atoms with van der Waals surface area (Å²) >= 11 is 3.26. The van der Waals surface area contributed by atoms with Gasteiger partial charge in [-0.15, -0.1) is 10.2 Å². The van der Waals surface area contributed by atoms with Crippen molar-refractivity contribution in [3.8, 4) is 0 Å². The molecule has 22 heavy (non-hydrogen) atoms. The van der Waals surface area contributed by atoms with E-state index in [0.717, 1.165) is 40.9 Å². The first-order chi connectivity index (χ1) is 10.7. The van der Waals surface area contributed by atoms with Crippen LogP contribution in [0.5, 0.6) is 0 Å². The summed E-state index contributed by atoms with van der Waals surface area (Å²) in [5.41, 5.74) is 1.37. The fourth-order valence-corrected chi connectivity index (χ4v) is 4.29. The number of hydrogen-bond donors (Lipinski definition) is 0. The molecule has 0 spiro atoms. The van der Waals surface area contributed by atoms with Gasteiger partial charge in [0, 0.05) is 18.7 Å². The molecule has 1 aromatic heterocycles. The van der Waals surface area contributed by atoms with Crippen LogP contribution in [-0.2, 0) is 11.2 Å². The zero-order valence-electron chi connectivity index (χ0n) is 12.6. The van der Waals surface area contributed by atoms with Crippen LogP contribution in [0.1, 0.15) is 31.7 Å². The fourth-order valence-electron chi connectivity index (χ4n) is 2.32. The van der Waals surface area contributed by atoms with E-state index in [-0.39, 0.29) is 5.91 Å². The minimum Gasteiger partial charge on any atom is -0.284 e. The molecule has 116 valence electrons. The Bertz CT molecular complexity index is 625. The third-order valence-corrected chi connectivity index (χ3v) is 5.67. The predicted molar refractivity (Wildman–Crippen MR) is 91.6 cm³/mol. The standard InChI is InChI=1S/C16H19N3OS2/c1-12(20)19(14-9-10-14)15-17-18-16(22-15)21-11-5-8-13-6-3-2-4-7-13/h2-4,6-7,14H,5,8-11H2,1H3. The van der Waals surface area contributed by atoms with E-state index in [2.05, 4.69) is 34.5 Å². The van der Waals surface area contributed by atoms with Gasteiger partial charge in [0.05, 0.1) is 0 Å². The monoisotopic (exact) mass is 333 g/mol. The van der Waals surface area contributed by atoms with Gasteiger partial charge in [-0.2, -0.15) is 0 Å². The van der Waals surface area contributed by atoms with E-state index < -0.39 is 0 Å². The van der Waals surface area contributed by atoms with Gasteiger partial charge in [0.15, 0.2) is 4.34 Å². The molecule has 0 bridgehead atoms. The van der Waals surface area contributed by atoms with E-state index in [1.807, 2.05) is 6.07 Å². The highest BCUT2D eigenvalue weighted by Crippen LogP contribution is 2.35. The zero-order chi connectivity index (χ0) is 15.4. The zero-order valence-corrected chi connectivity index (χ0v) is 14.2. The third-order valence-electron chi connectivity index (χ3n) is 3.53.